The Morgan fingerprint density at radius 1 is 1.28 bits per heavy atom. The predicted molar refractivity (Wildman–Crippen MR) is 100 cm³/mol. The summed E-state index contributed by atoms with van der Waals surface area (Å²) in [5, 5.41) is 0. The summed E-state index contributed by atoms with van der Waals surface area (Å²) in [6.07, 6.45) is 4.70. The number of hydrogen-bond donors (Lipinski definition) is 0. The minimum absolute atomic E-state index is 0.144. The largest absolute Gasteiger partial charge is 0.488 e. The summed E-state index contributed by atoms with van der Waals surface area (Å²) >= 11 is 1.94. The lowest BCUT2D eigenvalue weighted by molar-refractivity contribution is 0.0518. The van der Waals surface area contributed by atoms with E-state index in [0.717, 1.165) is 36.6 Å². The second-order valence-electron chi connectivity index (χ2n) is 7.09. The van der Waals surface area contributed by atoms with E-state index in [0.29, 0.717) is 0 Å². The van der Waals surface area contributed by atoms with Gasteiger partial charge in [0.1, 0.15) is 11.9 Å². The molecule has 4 nitrogen and oxygen atoms in total. The molecule has 25 heavy (non-hydrogen) atoms. The number of hydrogen-bond acceptors (Lipinski definition) is 4. The van der Waals surface area contributed by atoms with Gasteiger partial charge in [-0.15, -0.1) is 11.8 Å². The molecule has 1 aromatic heterocycles. The smallest absolute Gasteiger partial charge is 0.253 e. The number of amides is 1. The summed E-state index contributed by atoms with van der Waals surface area (Å²) in [5.41, 5.74) is 3.18. The second-order valence-corrected chi connectivity index (χ2v) is 8.58. The number of carbonyl (C=O) groups is 1. The maximum absolute atomic E-state index is 12.7. The zero-order valence-corrected chi connectivity index (χ0v) is 15.4. The summed E-state index contributed by atoms with van der Waals surface area (Å²) in [7, 11) is 0. The molecule has 1 spiro atoms. The van der Waals surface area contributed by atoms with E-state index in [1.165, 1.54) is 11.1 Å². The average molecular weight is 354 g/mol. The Morgan fingerprint density at radius 3 is 2.84 bits per heavy atom. The Labute approximate surface area is 152 Å². The van der Waals surface area contributed by atoms with Gasteiger partial charge in [0.15, 0.2) is 0 Å². The first-order chi connectivity index (χ1) is 12.0. The molecule has 0 aliphatic carbocycles. The van der Waals surface area contributed by atoms with Crippen molar-refractivity contribution >= 4 is 17.7 Å². The molecule has 5 heteroatoms. The monoisotopic (exact) mass is 354 g/mol. The highest BCUT2D eigenvalue weighted by atomic mass is 32.2. The molecule has 1 amide bonds. The van der Waals surface area contributed by atoms with Crippen molar-refractivity contribution in [1.82, 2.24) is 9.88 Å². The molecule has 2 aliphatic rings. The molecular formula is C20H22N2O2S. The molecule has 2 aliphatic heterocycles. The number of benzene rings is 1. The molecule has 4 rings (SSSR count). The average Bonchev–Trinajstić information content (AvgIpc) is 3.00. The van der Waals surface area contributed by atoms with E-state index in [1.807, 2.05) is 47.0 Å². The number of nitrogens with zero attached hydrogens (tertiary/aromatic N) is 2. The quantitative estimate of drug-likeness (QED) is 0.846. The van der Waals surface area contributed by atoms with Crippen LogP contribution >= 0.6 is 11.8 Å². The van der Waals surface area contributed by atoms with E-state index in [-0.39, 0.29) is 16.8 Å². The van der Waals surface area contributed by atoms with Gasteiger partial charge in [-0.1, -0.05) is 6.07 Å². The molecule has 0 radical (unpaired) electrons. The molecule has 0 saturated carbocycles. The highest BCUT2D eigenvalue weighted by Crippen LogP contribution is 2.46. The third kappa shape index (κ3) is 3.25. The number of aryl methyl sites for hydroxylation is 2. The lowest BCUT2D eigenvalue weighted by Gasteiger charge is -2.47. The number of ether oxygens (including phenoxy) is 1. The number of likely N-dealkylation sites (tertiary alicyclic amines) is 1. The molecule has 1 atom stereocenters. The van der Waals surface area contributed by atoms with Crippen molar-refractivity contribution in [1.29, 1.82) is 0 Å². The van der Waals surface area contributed by atoms with Crippen molar-refractivity contribution in [3.8, 4) is 5.75 Å². The zero-order chi connectivity index (χ0) is 17.4. The van der Waals surface area contributed by atoms with Gasteiger partial charge in [-0.2, -0.15) is 0 Å². The Hall–Kier alpha value is -2.01. The molecule has 2 saturated heterocycles. The summed E-state index contributed by atoms with van der Waals surface area (Å²) < 4.78 is 6.20. The maximum Gasteiger partial charge on any atom is 0.253 e. The van der Waals surface area contributed by atoms with Gasteiger partial charge >= 0.3 is 0 Å². The van der Waals surface area contributed by atoms with Gasteiger partial charge in [0.05, 0.1) is 10.9 Å². The molecule has 1 aromatic carbocycles. The Bertz CT molecular complexity index is 788. The molecule has 2 fully saturated rings. The molecule has 1 unspecified atom stereocenters. The highest BCUT2D eigenvalue weighted by molar-refractivity contribution is 8.01. The topological polar surface area (TPSA) is 42.4 Å². The van der Waals surface area contributed by atoms with Gasteiger partial charge in [-0.25, -0.2) is 0 Å². The minimum Gasteiger partial charge on any atom is -0.488 e. The molecule has 0 N–H and O–H groups in total. The van der Waals surface area contributed by atoms with Crippen LogP contribution in [0.2, 0.25) is 0 Å². The summed E-state index contributed by atoms with van der Waals surface area (Å²) in [6.45, 7) is 5.75. The van der Waals surface area contributed by atoms with E-state index in [9.17, 15) is 4.79 Å². The van der Waals surface area contributed by atoms with Crippen LogP contribution in [-0.4, -0.2) is 45.5 Å². The normalized spacial score (nSPS) is 21.2. The summed E-state index contributed by atoms with van der Waals surface area (Å²) in [6, 6.07) is 9.80. The second kappa shape index (κ2) is 6.37. The van der Waals surface area contributed by atoms with Crippen LogP contribution in [0.15, 0.2) is 42.7 Å². The number of carbonyl (C=O) groups excluding carboxylic acids is 1. The number of thioether (sulfide) groups is 1. The fourth-order valence-corrected chi connectivity index (χ4v) is 5.08. The molecule has 0 bridgehead atoms. The van der Waals surface area contributed by atoms with Gasteiger partial charge in [0.25, 0.3) is 5.91 Å². The van der Waals surface area contributed by atoms with Crippen molar-refractivity contribution < 1.29 is 9.53 Å². The molecule has 130 valence electrons. The van der Waals surface area contributed by atoms with Gasteiger partial charge in [0, 0.05) is 37.0 Å². The molecule has 3 heterocycles. The van der Waals surface area contributed by atoms with Gasteiger partial charge in [-0.3, -0.25) is 9.78 Å². The number of aromatic nitrogens is 1. The van der Waals surface area contributed by atoms with E-state index >= 15 is 0 Å². The van der Waals surface area contributed by atoms with Crippen molar-refractivity contribution in [2.75, 3.05) is 18.8 Å². The SMILES string of the molecule is Cc1ccc(C(=O)N2CC3(CC(Oc4cccnc4)CS3)C2)cc1C. The van der Waals surface area contributed by atoms with Crippen molar-refractivity contribution in [3.63, 3.8) is 0 Å². The first kappa shape index (κ1) is 16.5. The standard InChI is InChI=1S/C20H22N2O2S/c1-14-5-6-16(8-15(14)2)19(23)22-12-20(13-22)9-18(11-25-20)24-17-4-3-7-21-10-17/h3-8,10,18H,9,11-13H2,1-2H3. The van der Waals surface area contributed by atoms with Crippen molar-refractivity contribution in [3.05, 3.63) is 59.4 Å². The van der Waals surface area contributed by atoms with Crippen LogP contribution < -0.4 is 4.74 Å². The first-order valence-electron chi connectivity index (χ1n) is 8.62. The van der Waals surface area contributed by atoms with E-state index in [1.54, 1.807) is 12.4 Å². The first-order valence-corrected chi connectivity index (χ1v) is 9.60. The Balaban J connectivity index is 1.35. The predicted octanol–water partition coefficient (Wildman–Crippen LogP) is 3.48. The zero-order valence-electron chi connectivity index (χ0n) is 14.6. The number of rotatable bonds is 3. The minimum atomic E-state index is 0.144. The number of pyridine rings is 1. The van der Waals surface area contributed by atoms with E-state index in [4.69, 9.17) is 4.74 Å². The Morgan fingerprint density at radius 2 is 2.12 bits per heavy atom. The fraction of sp³-hybridized carbons (Fsp3) is 0.400. The van der Waals surface area contributed by atoms with Crippen LogP contribution in [0.1, 0.15) is 27.9 Å². The molecular weight excluding hydrogens is 332 g/mol. The fourth-order valence-electron chi connectivity index (χ4n) is 3.56. The van der Waals surface area contributed by atoms with Gasteiger partial charge in [-0.05, 0) is 49.2 Å². The molecule has 2 aromatic rings. The van der Waals surface area contributed by atoms with Gasteiger partial charge in [0.2, 0.25) is 0 Å². The lowest BCUT2D eigenvalue weighted by atomic mass is 9.92. The third-order valence-electron chi connectivity index (χ3n) is 5.11. The lowest BCUT2D eigenvalue weighted by Crippen LogP contribution is -2.60. The van der Waals surface area contributed by atoms with Gasteiger partial charge < -0.3 is 9.64 Å². The third-order valence-corrected chi connectivity index (χ3v) is 6.69. The van der Waals surface area contributed by atoms with Crippen LogP contribution in [0, 0.1) is 13.8 Å². The highest BCUT2D eigenvalue weighted by Gasteiger charge is 2.51. The van der Waals surface area contributed by atoms with E-state index in [2.05, 4.69) is 18.8 Å². The van der Waals surface area contributed by atoms with E-state index < -0.39 is 0 Å². The van der Waals surface area contributed by atoms with Crippen LogP contribution in [0.4, 0.5) is 0 Å². The maximum atomic E-state index is 12.7. The van der Waals surface area contributed by atoms with Crippen molar-refractivity contribution in [2.24, 2.45) is 0 Å². The van der Waals surface area contributed by atoms with Crippen LogP contribution in [0.3, 0.4) is 0 Å². The van der Waals surface area contributed by atoms with Crippen molar-refractivity contribution in [2.45, 2.75) is 31.1 Å². The van der Waals surface area contributed by atoms with Crippen LogP contribution in [0.5, 0.6) is 5.75 Å². The summed E-state index contributed by atoms with van der Waals surface area (Å²) in [5.74, 6) is 1.94. The van der Waals surface area contributed by atoms with Crippen LogP contribution in [-0.2, 0) is 0 Å². The Kier molecular flexibility index (Phi) is 4.20. The summed E-state index contributed by atoms with van der Waals surface area (Å²) in [4.78, 5) is 18.7. The van der Waals surface area contributed by atoms with Crippen LogP contribution in [0.25, 0.3) is 0 Å².